The molecule has 0 saturated carbocycles. The molecule has 0 spiro atoms. The molecule has 0 heterocycles. The monoisotopic (exact) mass is 430 g/mol. The van der Waals surface area contributed by atoms with Gasteiger partial charge in [-0.1, -0.05) is 73.7 Å². The smallest absolute Gasteiger partial charge is 0.242 e. The minimum absolute atomic E-state index is 0.00649. The number of hydrogen-bond donors (Lipinski definition) is 1. The Morgan fingerprint density at radius 3 is 2.31 bits per heavy atom. The SMILES string of the molecule is CC[C@H](C)NC(=O)[C@@H](C)N(Cc1ccccc1C)C(=O)CCc1cccc2ccccc12. The molecule has 0 aliphatic heterocycles. The van der Waals surface area contributed by atoms with Gasteiger partial charge in [0.2, 0.25) is 11.8 Å². The molecule has 32 heavy (non-hydrogen) atoms. The van der Waals surface area contributed by atoms with Crippen LogP contribution in [-0.2, 0) is 22.6 Å². The standard InChI is InChI=1S/C28H34N2O2/c1-5-21(3)29-28(32)22(4)30(19-25-13-7-6-11-20(25)2)27(31)18-17-24-15-10-14-23-12-8-9-16-26(23)24/h6-16,21-22H,5,17-19H2,1-4H3,(H,29,32)/t21-,22+/m0/s1. The lowest BCUT2D eigenvalue weighted by Gasteiger charge is -2.30. The number of carbonyl (C=O) groups excluding carboxylic acids is 2. The van der Waals surface area contributed by atoms with E-state index in [1.807, 2.05) is 70.2 Å². The van der Waals surface area contributed by atoms with Crippen molar-refractivity contribution >= 4 is 22.6 Å². The van der Waals surface area contributed by atoms with Crippen LogP contribution < -0.4 is 5.32 Å². The second-order valence-corrected chi connectivity index (χ2v) is 8.58. The molecule has 0 aliphatic carbocycles. The molecule has 2 atom stereocenters. The van der Waals surface area contributed by atoms with Crippen LogP contribution in [0.5, 0.6) is 0 Å². The molecule has 0 fully saturated rings. The molecule has 0 aromatic heterocycles. The average Bonchev–Trinajstić information content (AvgIpc) is 2.81. The summed E-state index contributed by atoms with van der Waals surface area (Å²) in [7, 11) is 0. The number of carbonyl (C=O) groups is 2. The molecule has 0 aliphatic rings. The van der Waals surface area contributed by atoms with Crippen molar-refractivity contribution in [2.45, 2.75) is 65.6 Å². The van der Waals surface area contributed by atoms with Crippen molar-refractivity contribution in [2.75, 3.05) is 0 Å². The zero-order valence-electron chi connectivity index (χ0n) is 19.6. The van der Waals surface area contributed by atoms with Crippen molar-refractivity contribution in [3.63, 3.8) is 0 Å². The van der Waals surface area contributed by atoms with Gasteiger partial charge < -0.3 is 10.2 Å². The largest absolute Gasteiger partial charge is 0.352 e. The lowest BCUT2D eigenvalue weighted by atomic mass is 10.00. The quantitative estimate of drug-likeness (QED) is 0.493. The molecule has 0 unspecified atom stereocenters. The third-order valence-corrected chi connectivity index (χ3v) is 6.26. The van der Waals surface area contributed by atoms with E-state index in [0.29, 0.717) is 19.4 Å². The lowest BCUT2D eigenvalue weighted by molar-refractivity contribution is -0.140. The number of nitrogens with one attached hydrogen (secondary N) is 1. The molecule has 0 saturated heterocycles. The van der Waals surface area contributed by atoms with Crippen molar-refractivity contribution in [2.24, 2.45) is 0 Å². The van der Waals surface area contributed by atoms with E-state index in [0.717, 1.165) is 23.1 Å². The molecule has 1 N–H and O–H groups in total. The summed E-state index contributed by atoms with van der Waals surface area (Å²) in [6, 6.07) is 22.0. The van der Waals surface area contributed by atoms with Gasteiger partial charge in [-0.15, -0.1) is 0 Å². The number of nitrogens with zero attached hydrogens (tertiary/aromatic N) is 1. The predicted molar refractivity (Wildman–Crippen MR) is 131 cm³/mol. The molecule has 4 heteroatoms. The van der Waals surface area contributed by atoms with Crippen molar-refractivity contribution in [1.29, 1.82) is 0 Å². The molecule has 0 bridgehead atoms. The molecule has 0 radical (unpaired) electrons. The first-order chi connectivity index (χ1) is 15.4. The van der Waals surface area contributed by atoms with Gasteiger partial charge in [-0.2, -0.15) is 0 Å². The fraction of sp³-hybridized carbons (Fsp3) is 0.357. The van der Waals surface area contributed by atoms with Crippen molar-refractivity contribution in [1.82, 2.24) is 10.2 Å². The predicted octanol–water partition coefficient (Wildman–Crippen LogP) is 5.41. The van der Waals surface area contributed by atoms with Crippen LogP contribution in [0.1, 0.15) is 50.3 Å². The number of benzene rings is 3. The molecule has 4 nitrogen and oxygen atoms in total. The van der Waals surface area contributed by atoms with Gasteiger partial charge in [0.1, 0.15) is 6.04 Å². The van der Waals surface area contributed by atoms with Gasteiger partial charge in [-0.05, 0) is 61.1 Å². The maximum absolute atomic E-state index is 13.4. The molecule has 3 aromatic carbocycles. The van der Waals surface area contributed by atoms with E-state index < -0.39 is 6.04 Å². The molecule has 2 amide bonds. The van der Waals surface area contributed by atoms with E-state index in [1.165, 1.54) is 10.8 Å². The van der Waals surface area contributed by atoms with Crippen molar-refractivity contribution < 1.29 is 9.59 Å². The summed E-state index contributed by atoms with van der Waals surface area (Å²) in [6.07, 6.45) is 1.86. The topological polar surface area (TPSA) is 49.4 Å². The third kappa shape index (κ3) is 5.76. The number of amides is 2. The zero-order valence-corrected chi connectivity index (χ0v) is 19.6. The second kappa shape index (κ2) is 10.9. The van der Waals surface area contributed by atoms with Crippen LogP contribution in [-0.4, -0.2) is 28.8 Å². The van der Waals surface area contributed by atoms with Crippen LogP contribution in [0.15, 0.2) is 66.7 Å². The zero-order chi connectivity index (χ0) is 23.1. The fourth-order valence-electron chi connectivity index (χ4n) is 3.91. The summed E-state index contributed by atoms with van der Waals surface area (Å²) in [6.45, 7) is 8.31. The minimum Gasteiger partial charge on any atom is -0.352 e. The Morgan fingerprint density at radius 1 is 0.906 bits per heavy atom. The van der Waals surface area contributed by atoms with Gasteiger partial charge in [0.15, 0.2) is 0 Å². The lowest BCUT2D eigenvalue weighted by Crippen LogP contribution is -2.49. The van der Waals surface area contributed by atoms with Crippen LogP contribution in [0.25, 0.3) is 10.8 Å². The summed E-state index contributed by atoms with van der Waals surface area (Å²) in [5, 5.41) is 5.38. The summed E-state index contributed by atoms with van der Waals surface area (Å²) in [5.41, 5.74) is 3.34. The Bertz CT molecular complexity index is 1070. The van der Waals surface area contributed by atoms with Crippen LogP contribution in [0.4, 0.5) is 0 Å². The maximum atomic E-state index is 13.4. The Balaban J connectivity index is 1.80. The van der Waals surface area contributed by atoms with E-state index in [2.05, 4.69) is 29.6 Å². The van der Waals surface area contributed by atoms with Crippen LogP contribution in [0.2, 0.25) is 0 Å². The van der Waals surface area contributed by atoms with Gasteiger partial charge in [-0.25, -0.2) is 0 Å². The summed E-state index contributed by atoms with van der Waals surface area (Å²) in [5.74, 6) is -0.112. The summed E-state index contributed by atoms with van der Waals surface area (Å²) >= 11 is 0. The number of hydrogen-bond acceptors (Lipinski definition) is 2. The number of rotatable bonds is 9. The minimum atomic E-state index is -0.538. The first kappa shape index (κ1) is 23.5. The van der Waals surface area contributed by atoms with Crippen molar-refractivity contribution in [3.05, 3.63) is 83.4 Å². The third-order valence-electron chi connectivity index (χ3n) is 6.26. The molecular formula is C28H34N2O2. The van der Waals surface area contributed by atoms with E-state index in [-0.39, 0.29) is 17.9 Å². The molecule has 3 rings (SSSR count). The van der Waals surface area contributed by atoms with E-state index in [9.17, 15) is 9.59 Å². The number of fused-ring (bicyclic) bond motifs is 1. The molecule has 3 aromatic rings. The van der Waals surface area contributed by atoms with Crippen LogP contribution in [0.3, 0.4) is 0 Å². The maximum Gasteiger partial charge on any atom is 0.242 e. The summed E-state index contributed by atoms with van der Waals surface area (Å²) < 4.78 is 0. The summed E-state index contributed by atoms with van der Waals surface area (Å²) in [4.78, 5) is 28.0. The first-order valence-corrected chi connectivity index (χ1v) is 11.5. The van der Waals surface area contributed by atoms with Gasteiger partial charge >= 0.3 is 0 Å². The fourth-order valence-corrected chi connectivity index (χ4v) is 3.91. The highest BCUT2D eigenvalue weighted by Crippen LogP contribution is 2.21. The van der Waals surface area contributed by atoms with Gasteiger partial charge in [0.25, 0.3) is 0 Å². The normalized spacial score (nSPS) is 12.9. The van der Waals surface area contributed by atoms with Crippen LogP contribution in [0, 0.1) is 6.92 Å². The van der Waals surface area contributed by atoms with Gasteiger partial charge in [-0.3, -0.25) is 9.59 Å². The molecular weight excluding hydrogens is 396 g/mol. The van der Waals surface area contributed by atoms with Crippen LogP contribution >= 0.6 is 0 Å². The number of aryl methyl sites for hydroxylation is 2. The second-order valence-electron chi connectivity index (χ2n) is 8.58. The van der Waals surface area contributed by atoms with Gasteiger partial charge in [0, 0.05) is 19.0 Å². The van der Waals surface area contributed by atoms with Gasteiger partial charge in [0.05, 0.1) is 0 Å². The highest BCUT2D eigenvalue weighted by Gasteiger charge is 2.27. The average molecular weight is 431 g/mol. The Hall–Kier alpha value is -3.14. The van der Waals surface area contributed by atoms with E-state index in [1.54, 1.807) is 4.90 Å². The highest BCUT2D eigenvalue weighted by atomic mass is 16.2. The van der Waals surface area contributed by atoms with Crippen molar-refractivity contribution in [3.8, 4) is 0 Å². The molecule has 168 valence electrons. The van der Waals surface area contributed by atoms with E-state index >= 15 is 0 Å². The Labute approximate surface area is 191 Å². The first-order valence-electron chi connectivity index (χ1n) is 11.5. The Kier molecular flexibility index (Phi) is 8.04. The van der Waals surface area contributed by atoms with E-state index in [4.69, 9.17) is 0 Å². The highest BCUT2D eigenvalue weighted by molar-refractivity contribution is 5.89. The Morgan fingerprint density at radius 2 is 1.56 bits per heavy atom.